The highest BCUT2D eigenvalue weighted by Crippen LogP contribution is 2.08. The van der Waals surface area contributed by atoms with E-state index in [1.54, 1.807) is 0 Å². The molecule has 1 aromatic rings. The molecular weight excluding hydrogens is 178 g/mol. The number of hydrogen-bond acceptors (Lipinski definition) is 3. The second-order valence-electron chi connectivity index (χ2n) is 2.93. The Kier molecular flexibility index (Phi) is 7.89. The number of benzene rings is 1. The molecule has 0 aromatic heterocycles. The van der Waals surface area contributed by atoms with E-state index in [0.717, 1.165) is 19.3 Å². The summed E-state index contributed by atoms with van der Waals surface area (Å²) in [7, 11) is 1.00. The van der Waals surface area contributed by atoms with E-state index >= 15 is 0 Å². The highest BCUT2D eigenvalue weighted by atomic mass is 16.5. The Hall–Kier alpha value is -1.06. The molecule has 0 saturated carbocycles. The predicted molar refractivity (Wildman–Crippen MR) is 58.3 cm³/mol. The van der Waals surface area contributed by atoms with Crippen LogP contribution >= 0.6 is 0 Å². The fourth-order valence-electron chi connectivity index (χ4n) is 0.879. The van der Waals surface area contributed by atoms with Gasteiger partial charge in [0.25, 0.3) is 0 Å². The first kappa shape index (κ1) is 12.9. The highest BCUT2D eigenvalue weighted by Gasteiger charge is 1.94. The molecule has 80 valence electrons. The van der Waals surface area contributed by atoms with E-state index in [9.17, 15) is 0 Å². The van der Waals surface area contributed by atoms with Gasteiger partial charge in [0, 0.05) is 13.2 Å². The number of aliphatic hydroxyl groups excluding tert-OH is 1. The zero-order chi connectivity index (χ0) is 10.8. The van der Waals surface area contributed by atoms with Crippen molar-refractivity contribution in [2.75, 3.05) is 13.7 Å². The molecule has 3 N–H and O–H groups in total. The monoisotopic (exact) mass is 197 g/mol. The molecule has 1 rings (SSSR count). The van der Waals surface area contributed by atoms with Crippen LogP contribution in [0.2, 0.25) is 0 Å². The van der Waals surface area contributed by atoms with Crippen LogP contribution in [0.25, 0.3) is 0 Å². The van der Waals surface area contributed by atoms with Crippen molar-refractivity contribution in [2.24, 2.45) is 5.73 Å². The number of aliphatic hydroxyl groups is 1. The highest BCUT2D eigenvalue weighted by molar-refractivity contribution is 5.20. The maximum atomic E-state index is 7.00. The average Bonchev–Trinajstić information content (AvgIpc) is 2.22. The van der Waals surface area contributed by atoms with Crippen LogP contribution in [0.3, 0.4) is 0 Å². The van der Waals surface area contributed by atoms with Gasteiger partial charge in [0.15, 0.2) is 0 Å². The molecule has 0 saturated heterocycles. The van der Waals surface area contributed by atoms with Crippen molar-refractivity contribution in [2.45, 2.75) is 19.4 Å². The first-order valence-corrected chi connectivity index (χ1v) is 4.67. The first-order valence-electron chi connectivity index (χ1n) is 4.67. The summed E-state index contributed by atoms with van der Waals surface area (Å²) in [6, 6.07) is 10.00. The van der Waals surface area contributed by atoms with Crippen molar-refractivity contribution < 1.29 is 9.84 Å². The van der Waals surface area contributed by atoms with Crippen molar-refractivity contribution in [3.8, 4) is 5.75 Å². The van der Waals surface area contributed by atoms with Crippen LogP contribution < -0.4 is 10.5 Å². The smallest absolute Gasteiger partial charge is 0.119 e. The lowest BCUT2D eigenvalue weighted by Gasteiger charge is -2.07. The Bertz CT molecular complexity index is 212. The maximum Gasteiger partial charge on any atom is 0.119 e. The second-order valence-corrected chi connectivity index (χ2v) is 2.93. The van der Waals surface area contributed by atoms with Crippen molar-refractivity contribution in [3.05, 3.63) is 30.3 Å². The number of para-hydroxylation sites is 1. The molecule has 0 spiro atoms. The van der Waals surface area contributed by atoms with E-state index in [2.05, 4.69) is 0 Å². The Labute approximate surface area is 85.5 Å². The molecule has 0 bridgehead atoms. The minimum atomic E-state index is 0.216. The van der Waals surface area contributed by atoms with Gasteiger partial charge in [-0.05, 0) is 25.5 Å². The van der Waals surface area contributed by atoms with Gasteiger partial charge in [-0.25, -0.2) is 0 Å². The molecule has 0 aliphatic heterocycles. The molecule has 1 aromatic carbocycles. The van der Waals surface area contributed by atoms with Crippen LogP contribution in [-0.4, -0.2) is 24.9 Å². The lowest BCUT2D eigenvalue weighted by molar-refractivity contribution is 0.301. The minimum absolute atomic E-state index is 0.216. The molecule has 14 heavy (non-hydrogen) atoms. The molecule has 3 nitrogen and oxygen atoms in total. The largest absolute Gasteiger partial charge is 0.494 e. The zero-order valence-electron chi connectivity index (χ0n) is 8.81. The summed E-state index contributed by atoms with van der Waals surface area (Å²) in [5.41, 5.74) is 5.58. The molecule has 3 heteroatoms. The van der Waals surface area contributed by atoms with E-state index in [1.807, 2.05) is 37.3 Å². The Balaban J connectivity index is 0.000000791. The fraction of sp³-hybridized carbons (Fsp3) is 0.455. The number of nitrogens with two attached hydrogens (primary N) is 1. The summed E-state index contributed by atoms with van der Waals surface area (Å²) in [4.78, 5) is 0. The van der Waals surface area contributed by atoms with E-state index in [-0.39, 0.29) is 6.04 Å². The van der Waals surface area contributed by atoms with E-state index in [1.165, 1.54) is 0 Å². The molecule has 1 atom stereocenters. The van der Waals surface area contributed by atoms with E-state index < -0.39 is 0 Å². The molecule has 0 heterocycles. The SMILES string of the molecule is CC(N)CCOc1ccccc1.CO. The van der Waals surface area contributed by atoms with E-state index in [0.29, 0.717) is 6.61 Å². The van der Waals surface area contributed by atoms with Gasteiger partial charge in [0.1, 0.15) is 5.75 Å². The van der Waals surface area contributed by atoms with Gasteiger partial charge in [-0.15, -0.1) is 0 Å². The Morgan fingerprint density at radius 1 is 1.29 bits per heavy atom. The molecule has 0 aliphatic carbocycles. The van der Waals surface area contributed by atoms with Crippen molar-refractivity contribution in [1.29, 1.82) is 0 Å². The summed E-state index contributed by atoms with van der Waals surface area (Å²) in [6.45, 7) is 2.68. The number of rotatable bonds is 4. The van der Waals surface area contributed by atoms with Crippen LogP contribution in [0.5, 0.6) is 5.75 Å². The minimum Gasteiger partial charge on any atom is -0.494 e. The molecular formula is C11H19NO2. The lowest BCUT2D eigenvalue weighted by atomic mass is 10.3. The van der Waals surface area contributed by atoms with Crippen LogP contribution in [0, 0.1) is 0 Å². The van der Waals surface area contributed by atoms with Gasteiger partial charge in [-0.3, -0.25) is 0 Å². The quantitative estimate of drug-likeness (QED) is 0.767. The fourth-order valence-corrected chi connectivity index (χ4v) is 0.879. The zero-order valence-corrected chi connectivity index (χ0v) is 8.81. The van der Waals surface area contributed by atoms with Crippen LogP contribution in [0.15, 0.2) is 30.3 Å². The van der Waals surface area contributed by atoms with Gasteiger partial charge in [0.2, 0.25) is 0 Å². The van der Waals surface area contributed by atoms with Gasteiger partial charge >= 0.3 is 0 Å². The first-order chi connectivity index (χ1) is 6.79. The van der Waals surface area contributed by atoms with E-state index in [4.69, 9.17) is 15.6 Å². The van der Waals surface area contributed by atoms with Gasteiger partial charge in [-0.2, -0.15) is 0 Å². The lowest BCUT2D eigenvalue weighted by Crippen LogP contribution is -2.18. The summed E-state index contributed by atoms with van der Waals surface area (Å²) < 4.78 is 5.44. The molecule has 1 unspecified atom stereocenters. The summed E-state index contributed by atoms with van der Waals surface area (Å²) in [5.74, 6) is 0.915. The third-order valence-electron chi connectivity index (χ3n) is 1.59. The molecule has 0 amide bonds. The van der Waals surface area contributed by atoms with Gasteiger partial charge < -0.3 is 15.6 Å². The molecule has 0 fully saturated rings. The molecule has 0 aliphatic rings. The normalized spacial score (nSPS) is 11.1. The Morgan fingerprint density at radius 3 is 2.36 bits per heavy atom. The molecule has 0 radical (unpaired) electrons. The van der Waals surface area contributed by atoms with Gasteiger partial charge in [-0.1, -0.05) is 18.2 Å². The van der Waals surface area contributed by atoms with Crippen molar-refractivity contribution in [3.63, 3.8) is 0 Å². The summed E-state index contributed by atoms with van der Waals surface area (Å²) in [5, 5.41) is 7.00. The van der Waals surface area contributed by atoms with Crippen molar-refractivity contribution >= 4 is 0 Å². The maximum absolute atomic E-state index is 7.00. The predicted octanol–water partition coefficient (Wildman–Crippen LogP) is 1.41. The van der Waals surface area contributed by atoms with Crippen LogP contribution in [0.1, 0.15) is 13.3 Å². The van der Waals surface area contributed by atoms with Gasteiger partial charge in [0.05, 0.1) is 6.61 Å². The topological polar surface area (TPSA) is 55.5 Å². The average molecular weight is 197 g/mol. The van der Waals surface area contributed by atoms with Crippen LogP contribution in [-0.2, 0) is 0 Å². The summed E-state index contributed by atoms with van der Waals surface area (Å²) >= 11 is 0. The third-order valence-corrected chi connectivity index (χ3v) is 1.59. The Morgan fingerprint density at radius 2 is 1.86 bits per heavy atom. The summed E-state index contributed by atoms with van der Waals surface area (Å²) in [6.07, 6.45) is 0.898. The third kappa shape index (κ3) is 6.46. The standard InChI is InChI=1S/C10H15NO.CH4O/c1-9(11)7-8-12-10-5-3-2-4-6-10;1-2/h2-6,9H,7-8,11H2,1H3;2H,1H3. The number of ether oxygens (including phenoxy) is 1. The second kappa shape index (κ2) is 8.53. The van der Waals surface area contributed by atoms with Crippen molar-refractivity contribution in [1.82, 2.24) is 0 Å². The number of hydrogen-bond donors (Lipinski definition) is 2. The van der Waals surface area contributed by atoms with Crippen LogP contribution in [0.4, 0.5) is 0 Å².